The van der Waals surface area contributed by atoms with E-state index in [0.717, 1.165) is 0 Å². The summed E-state index contributed by atoms with van der Waals surface area (Å²) >= 11 is 0. The first-order valence-electron chi connectivity index (χ1n) is 4.95. The van der Waals surface area contributed by atoms with Crippen molar-refractivity contribution in [2.45, 2.75) is 19.9 Å². The lowest BCUT2D eigenvalue weighted by Gasteiger charge is -2.03. The van der Waals surface area contributed by atoms with Crippen LogP contribution in [0.5, 0.6) is 11.8 Å². The zero-order valence-electron chi connectivity index (χ0n) is 9.16. The van der Waals surface area contributed by atoms with E-state index in [0.29, 0.717) is 17.6 Å². The standard InChI is InChI=1S/C10H13N5O/c1-7(2)15-6-8(5-13-15)16-10-12-4-3-9(11)14-10/h3-7H,1-2H3,(H2,11,12,14). The Hall–Kier alpha value is -2.11. The van der Waals surface area contributed by atoms with Gasteiger partial charge in [0.1, 0.15) is 5.82 Å². The molecular weight excluding hydrogens is 206 g/mol. The van der Waals surface area contributed by atoms with Crippen LogP contribution < -0.4 is 10.5 Å². The van der Waals surface area contributed by atoms with Crippen LogP contribution in [0.1, 0.15) is 19.9 Å². The Kier molecular flexibility index (Phi) is 2.72. The second-order valence-corrected chi connectivity index (χ2v) is 3.62. The second kappa shape index (κ2) is 4.18. The van der Waals surface area contributed by atoms with E-state index >= 15 is 0 Å². The maximum absolute atomic E-state index is 5.51. The number of anilines is 1. The summed E-state index contributed by atoms with van der Waals surface area (Å²) < 4.78 is 7.20. The third-order valence-electron chi connectivity index (χ3n) is 1.97. The fourth-order valence-electron chi connectivity index (χ4n) is 1.16. The molecule has 0 saturated heterocycles. The summed E-state index contributed by atoms with van der Waals surface area (Å²) in [7, 11) is 0. The zero-order chi connectivity index (χ0) is 11.5. The van der Waals surface area contributed by atoms with Gasteiger partial charge < -0.3 is 10.5 Å². The number of hydrogen-bond donors (Lipinski definition) is 1. The van der Waals surface area contributed by atoms with Gasteiger partial charge in [0.15, 0.2) is 5.75 Å². The van der Waals surface area contributed by atoms with Crippen molar-refractivity contribution in [3.8, 4) is 11.8 Å². The van der Waals surface area contributed by atoms with Gasteiger partial charge >= 0.3 is 6.01 Å². The molecule has 2 heterocycles. The molecule has 0 aliphatic carbocycles. The van der Waals surface area contributed by atoms with Gasteiger partial charge in [-0.25, -0.2) is 4.98 Å². The molecule has 0 aliphatic heterocycles. The minimum atomic E-state index is 0.225. The lowest BCUT2D eigenvalue weighted by molar-refractivity contribution is 0.440. The lowest BCUT2D eigenvalue weighted by atomic mass is 10.4. The maximum Gasteiger partial charge on any atom is 0.323 e. The third-order valence-corrected chi connectivity index (χ3v) is 1.97. The molecule has 0 radical (unpaired) electrons. The van der Waals surface area contributed by atoms with Gasteiger partial charge in [-0.2, -0.15) is 10.1 Å². The largest absolute Gasteiger partial charge is 0.421 e. The van der Waals surface area contributed by atoms with Gasteiger partial charge in [-0.1, -0.05) is 0 Å². The van der Waals surface area contributed by atoms with Crippen LogP contribution in [-0.4, -0.2) is 19.7 Å². The van der Waals surface area contributed by atoms with Crippen LogP contribution >= 0.6 is 0 Å². The summed E-state index contributed by atoms with van der Waals surface area (Å²) in [4.78, 5) is 7.87. The van der Waals surface area contributed by atoms with Crippen LogP contribution in [0.4, 0.5) is 5.82 Å². The molecule has 0 atom stereocenters. The summed E-state index contributed by atoms with van der Waals surface area (Å²) in [6, 6.07) is 2.12. The number of hydrogen-bond acceptors (Lipinski definition) is 5. The molecule has 0 amide bonds. The van der Waals surface area contributed by atoms with E-state index in [2.05, 4.69) is 15.1 Å². The van der Waals surface area contributed by atoms with E-state index < -0.39 is 0 Å². The fourth-order valence-corrected chi connectivity index (χ4v) is 1.16. The van der Waals surface area contributed by atoms with Crippen LogP contribution in [-0.2, 0) is 0 Å². The second-order valence-electron chi connectivity index (χ2n) is 3.62. The fraction of sp³-hybridized carbons (Fsp3) is 0.300. The lowest BCUT2D eigenvalue weighted by Crippen LogP contribution is -1.99. The average Bonchev–Trinajstić information content (AvgIpc) is 2.66. The molecule has 6 heteroatoms. The predicted molar refractivity (Wildman–Crippen MR) is 59.1 cm³/mol. The summed E-state index contributed by atoms with van der Waals surface area (Å²) in [6.07, 6.45) is 4.95. The summed E-state index contributed by atoms with van der Waals surface area (Å²) in [5.41, 5.74) is 5.51. The van der Waals surface area contributed by atoms with Gasteiger partial charge in [-0.3, -0.25) is 4.68 Å². The first-order chi connectivity index (χ1) is 7.65. The molecule has 0 spiro atoms. The SMILES string of the molecule is CC(C)n1cc(Oc2nccc(N)n2)cn1. The molecule has 0 unspecified atom stereocenters. The Morgan fingerprint density at radius 1 is 1.44 bits per heavy atom. The highest BCUT2D eigenvalue weighted by Crippen LogP contribution is 2.18. The molecule has 2 aromatic heterocycles. The summed E-state index contributed by atoms with van der Waals surface area (Å²) in [5, 5.41) is 4.14. The maximum atomic E-state index is 5.51. The Morgan fingerprint density at radius 3 is 2.88 bits per heavy atom. The number of aromatic nitrogens is 4. The van der Waals surface area contributed by atoms with Crippen molar-refractivity contribution >= 4 is 5.82 Å². The first kappa shape index (κ1) is 10.4. The van der Waals surface area contributed by atoms with Gasteiger partial charge in [0.2, 0.25) is 0 Å². The number of ether oxygens (including phenoxy) is 1. The Morgan fingerprint density at radius 2 is 2.25 bits per heavy atom. The monoisotopic (exact) mass is 219 g/mol. The van der Waals surface area contributed by atoms with E-state index in [4.69, 9.17) is 10.5 Å². The molecule has 84 valence electrons. The van der Waals surface area contributed by atoms with E-state index in [-0.39, 0.29) is 6.01 Å². The van der Waals surface area contributed by atoms with Crippen LogP contribution in [0.15, 0.2) is 24.7 Å². The molecular formula is C10H13N5O. The molecule has 0 saturated carbocycles. The Labute approximate surface area is 93.1 Å². The minimum absolute atomic E-state index is 0.225. The van der Waals surface area contributed by atoms with Crippen molar-refractivity contribution in [2.24, 2.45) is 0 Å². The van der Waals surface area contributed by atoms with Crippen molar-refractivity contribution in [3.05, 3.63) is 24.7 Å². The van der Waals surface area contributed by atoms with Crippen molar-refractivity contribution in [3.63, 3.8) is 0 Å². The van der Waals surface area contributed by atoms with Crippen LogP contribution in [0, 0.1) is 0 Å². The number of nitrogens with two attached hydrogens (primary N) is 1. The molecule has 2 aromatic rings. The number of rotatable bonds is 3. The van der Waals surface area contributed by atoms with Gasteiger partial charge in [0, 0.05) is 12.2 Å². The van der Waals surface area contributed by atoms with Gasteiger partial charge in [0.25, 0.3) is 0 Å². The van der Waals surface area contributed by atoms with E-state index in [1.807, 2.05) is 13.8 Å². The highest BCUT2D eigenvalue weighted by Gasteiger charge is 2.05. The van der Waals surface area contributed by atoms with E-state index in [9.17, 15) is 0 Å². The Bertz CT molecular complexity index is 480. The van der Waals surface area contributed by atoms with Crippen molar-refractivity contribution in [1.29, 1.82) is 0 Å². The van der Waals surface area contributed by atoms with Crippen molar-refractivity contribution in [1.82, 2.24) is 19.7 Å². The van der Waals surface area contributed by atoms with Gasteiger partial charge in [-0.15, -0.1) is 0 Å². The third kappa shape index (κ3) is 2.28. The summed E-state index contributed by atoms with van der Waals surface area (Å²) in [5.74, 6) is 0.973. The van der Waals surface area contributed by atoms with Crippen LogP contribution in [0.25, 0.3) is 0 Å². The topological polar surface area (TPSA) is 78.9 Å². The van der Waals surface area contributed by atoms with Gasteiger partial charge in [0.05, 0.1) is 12.4 Å². The molecule has 0 fully saturated rings. The molecule has 2 rings (SSSR count). The minimum Gasteiger partial charge on any atom is -0.421 e. The first-order valence-corrected chi connectivity index (χ1v) is 4.95. The smallest absolute Gasteiger partial charge is 0.323 e. The van der Waals surface area contributed by atoms with Crippen molar-refractivity contribution < 1.29 is 4.74 Å². The molecule has 2 N–H and O–H groups in total. The molecule has 0 bridgehead atoms. The molecule has 0 aliphatic rings. The number of nitrogens with zero attached hydrogens (tertiary/aromatic N) is 4. The molecule has 6 nitrogen and oxygen atoms in total. The highest BCUT2D eigenvalue weighted by molar-refractivity contribution is 5.28. The molecule has 16 heavy (non-hydrogen) atoms. The van der Waals surface area contributed by atoms with E-state index in [1.54, 1.807) is 29.3 Å². The Balaban J connectivity index is 2.14. The normalized spacial score (nSPS) is 10.7. The predicted octanol–water partition coefficient (Wildman–Crippen LogP) is 1.63. The quantitative estimate of drug-likeness (QED) is 0.848. The molecule has 0 aromatic carbocycles. The van der Waals surface area contributed by atoms with Gasteiger partial charge in [-0.05, 0) is 19.9 Å². The van der Waals surface area contributed by atoms with Crippen molar-refractivity contribution in [2.75, 3.05) is 5.73 Å². The van der Waals surface area contributed by atoms with E-state index in [1.165, 1.54) is 0 Å². The average molecular weight is 219 g/mol. The number of nitrogen functional groups attached to an aromatic ring is 1. The highest BCUT2D eigenvalue weighted by atomic mass is 16.5. The van der Waals surface area contributed by atoms with Crippen LogP contribution in [0.2, 0.25) is 0 Å². The van der Waals surface area contributed by atoms with Crippen LogP contribution in [0.3, 0.4) is 0 Å². The zero-order valence-corrected chi connectivity index (χ0v) is 9.16. The summed E-state index contributed by atoms with van der Waals surface area (Å²) in [6.45, 7) is 4.07.